The first-order chi connectivity index (χ1) is 8.07. The Kier molecular flexibility index (Phi) is 2.83. The second-order valence-electron chi connectivity index (χ2n) is 6.66. The van der Waals surface area contributed by atoms with Crippen LogP contribution in [0.25, 0.3) is 0 Å². The zero-order valence-electron chi connectivity index (χ0n) is 11.0. The van der Waals surface area contributed by atoms with E-state index in [2.05, 4.69) is 19.2 Å². The standard InChI is InChI=1S/C15H23NS/c1-15(2)7-12(16)14-11(9-17-13(14)8-15)10-5-3-4-6-10/h9-10,12H,3-8,16H2,1-2H3. The molecule has 1 heterocycles. The van der Waals surface area contributed by atoms with Gasteiger partial charge in [-0.1, -0.05) is 26.7 Å². The molecule has 1 nitrogen and oxygen atoms in total. The van der Waals surface area contributed by atoms with Gasteiger partial charge in [0.05, 0.1) is 0 Å². The Balaban J connectivity index is 1.96. The van der Waals surface area contributed by atoms with Crippen molar-refractivity contribution in [2.75, 3.05) is 0 Å². The van der Waals surface area contributed by atoms with E-state index in [-0.39, 0.29) is 6.04 Å². The molecule has 1 aromatic heterocycles. The van der Waals surface area contributed by atoms with E-state index < -0.39 is 0 Å². The smallest absolute Gasteiger partial charge is 0.0314 e. The Morgan fingerprint density at radius 1 is 1.29 bits per heavy atom. The number of hydrogen-bond acceptors (Lipinski definition) is 2. The average Bonchev–Trinajstić information content (AvgIpc) is 2.81. The summed E-state index contributed by atoms with van der Waals surface area (Å²) in [6.07, 6.45) is 7.98. The highest BCUT2D eigenvalue weighted by Gasteiger charge is 2.35. The molecule has 0 aromatic carbocycles. The summed E-state index contributed by atoms with van der Waals surface area (Å²) in [5.74, 6) is 0.822. The normalized spacial score (nSPS) is 28.3. The van der Waals surface area contributed by atoms with Gasteiger partial charge in [0.15, 0.2) is 0 Å². The van der Waals surface area contributed by atoms with Crippen LogP contribution in [0.4, 0.5) is 0 Å². The molecular formula is C15H23NS. The van der Waals surface area contributed by atoms with E-state index in [1.54, 1.807) is 16.0 Å². The van der Waals surface area contributed by atoms with Crippen LogP contribution in [0.2, 0.25) is 0 Å². The maximum Gasteiger partial charge on any atom is 0.0314 e. The van der Waals surface area contributed by atoms with Crippen LogP contribution in [0.1, 0.15) is 73.9 Å². The van der Waals surface area contributed by atoms with Crippen molar-refractivity contribution in [3.05, 3.63) is 21.4 Å². The predicted molar refractivity (Wildman–Crippen MR) is 74.6 cm³/mol. The lowest BCUT2D eigenvalue weighted by atomic mass is 9.73. The molecule has 1 atom stereocenters. The van der Waals surface area contributed by atoms with Crippen LogP contribution in [0.3, 0.4) is 0 Å². The first-order valence-electron chi connectivity index (χ1n) is 6.92. The maximum atomic E-state index is 6.44. The molecule has 1 aromatic rings. The van der Waals surface area contributed by atoms with Crippen LogP contribution in [0.15, 0.2) is 5.38 Å². The van der Waals surface area contributed by atoms with E-state index in [0.29, 0.717) is 5.41 Å². The molecule has 94 valence electrons. The first-order valence-corrected chi connectivity index (χ1v) is 7.80. The van der Waals surface area contributed by atoms with E-state index in [1.807, 2.05) is 11.3 Å². The highest BCUT2D eigenvalue weighted by Crippen LogP contribution is 2.48. The van der Waals surface area contributed by atoms with Gasteiger partial charge in [-0.2, -0.15) is 0 Å². The van der Waals surface area contributed by atoms with Crippen molar-refractivity contribution >= 4 is 11.3 Å². The van der Waals surface area contributed by atoms with Crippen molar-refractivity contribution in [2.45, 2.75) is 64.3 Å². The summed E-state index contributed by atoms with van der Waals surface area (Å²) in [5.41, 5.74) is 9.99. The van der Waals surface area contributed by atoms with Crippen LogP contribution in [0.5, 0.6) is 0 Å². The van der Waals surface area contributed by atoms with E-state index >= 15 is 0 Å². The van der Waals surface area contributed by atoms with Crippen molar-refractivity contribution in [2.24, 2.45) is 11.1 Å². The van der Waals surface area contributed by atoms with Crippen LogP contribution in [0, 0.1) is 5.41 Å². The molecule has 0 amide bonds. The monoisotopic (exact) mass is 249 g/mol. The quantitative estimate of drug-likeness (QED) is 0.785. The number of fused-ring (bicyclic) bond motifs is 1. The van der Waals surface area contributed by atoms with Crippen molar-refractivity contribution < 1.29 is 0 Å². The van der Waals surface area contributed by atoms with Gasteiger partial charge in [-0.25, -0.2) is 0 Å². The summed E-state index contributed by atoms with van der Waals surface area (Å²) in [5, 5.41) is 2.42. The molecule has 2 aliphatic rings. The minimum Gasteiger partial charge on any atom is -0.324 e. The zero-order chi connectivity index (χ0) is 12.0. The largest absolute Gasteiger partial charge is 0.324 e. The molecule has 0 spiro atoms. The van der Waals surface area contributed by atoms with Gasteiger partial charge in [0.1, 0.15) is 0 Å². The van der Waals surface area contributed by atoms with Gasteiger partial charge in [-0.15, -0.1) is 11.3 Å². The van der Waals surface area contributed by atoms with E-state index in [9.17, 15) is 0 Å². The van der Waals surface area contributed by atoms with E-state index in [4.69, 9.17) is 5.73 Å². The van der Waals surface area contributed by atoms with E-state index in [1.165, 1.54) is 32.1 Å². The minimum atomic E-state index is 0.288. The molecule has 2 heteroatoms. The third kappa shape index (κ3) is 2.06. The van der Waals surface area contributed by atoms with E-state index in [0.717, 1.165) is 12.3 Å². The molecule has 2 N–H and O–H groups in total. The van der Waals surface area contributed by atoms with Gasteiger partial charge >= 0.3 is 0 Å². The number of hydrogen-bond donors (Lipinski definition) is 1. The summed E-state index contributed by atoms with van der Waals surface area (Å²) in [4.78, 5) is 1.58. The Labute approximate surface area is 108 Å². The van der Waals surface area contributed by atoms with Crippen molar-refractivity contribution in [1.82, 2.24) is 0 Å². The second kappa shape index (κ2) is 4.10. The molecular weight excluding hydrogens is 226 g/mol. The number of thiophene rings is 1. The third-order valence-corrected chi connectivity index (χ3v) is 5.54. The summed E-state index contributed by atoms with van der Waals surface area (Å²) in [7, 11) is 0. The molecule has 0 bridgehead atoms. The fourth-order valence-corrected chi connectivity index (χ4v) is 5.20. The third-order valence-electron chi connectivity index (χ3n) is 4.52. The Morgan fingerprint density at radius 3 is 2.71 bits per heavy atom. The van der Waals surface area contributed by atoms with Crippen molar-refractivity contribution in [3.63, 3.8) is 0 Å². The SMILES string of the molecule is CC1(C)Cc2scc(C3CCCC3)c2C(N)C1. The van der Waals surface area contributed by atoms with Crippen LogP contribution in [-0.2, 0) is 6.42 Å². The maximum absolute atomic E-state index is 6.44. The summed E-state index contributed by atoms with van der Waals surface area (Å²) in [6, 6.07) is 0.288. The number of rotatable bonds is 1. The van der Waals surface area contributed by atoms with Crippen LogP contribution in [-0.4, -0.2) is 0 Å². The molecule has 0 aliphatic heterocycles. The fraction of sp³-hybridized carbons (Fsp3) is 0.733. The molecule has 1 fully saturated rings. The second-order valence-corrected chi connectivity index (χ2v) is 7.63. The van der Waals surface area contributed by atoms with Crippen molar-refractivity contribution in [1.29, 1.82) is 0 Å². The molecule has 1 unspecified atom stereocenters. The summed E-state index contributed by atoms with van der Waals surface area (Å²) < 4.78 is 0. The molecule has 17 heavy (non-hydrogen) atoms. The Hall–Kier alpha value is -0.340. The molecule has 2 aliphatic carbocycles. The zero-order valence-corrected chi connectivity index (χ0v) is 11.8. The molecule has 0 radical (unpaired) electrons. The minimum absolute atomic E-state index is 0.288. The predicted octanol–water partition coefficient (Wildman–Crippen LogP) is 4.38. The summed E-state index contributed by atoms with van der Waals surface area (Å²) >= 11 is 1.96. The molecule has 1 saturated carbocycles. The lowest BCUT2D eigenvalue weighted by Gasteiger charge is -2.34. The molecule has 0 saturated heterocycles. The highest BCUT2D eigenvalue weighted by atomic mass is 32.1. The lowest BCUT2D eigenvalue weighted by molar-refractivity contribution is 0.285. The molecule has 3 rings (SSSR count). The first kappa shape index (κ1) is 11.7. The van der Waals surface area contributed by atoms with Gasteiger partial charge in [-0.05, 0) is 53.5 Å². The summed E-state index contributed by atoms with van der Waals surface area (Å²) in [6.45, 7) is 4.70. The lowest BCUT2D eigenvalue weighted by Crippen LogP contribution is -2.29. The van der Waals surface area contributed by atoms with Gasteiger partial charge in [0, 0.05) is 10.9 Å². The van der Waals surface area contributed by atoms with Crippen LogP contribution < -0.4 is 5.73 Å². The van der Waals surface area contributed by atoms with Crippen molar-refractivity contribution in [3.8, 4) is 0 Å². The van der Waals surface area contributed by atoms with Gasteiger partial charge < -0.3 is 5.73 Å². The van der Waals surface area contributed by atoms with Gasteiger partial charge in [-0.3, -0.25) is 0 Å². The average molecular weight is 249 g/mol. The van der Waals surface area contributed by atoms with Crippen LogP contribution >= 0.6 is 11.3 Å². The fourth-order valence-electron chi connectivity index (χ4n) is 3.74. The van der Waals surface area contributed by atoms with Gasteiger partial charge in [0.25, 0.3) is 0 Å². The highest BCUT2D eigenvalue weighted by molar-refractivity contribution is 7.10. The Morgan fingerprint density at radius 2 is 2.00 bits per heavy atom. The van der Waals surface area contributed by atoms with Gasteiger partial charge in [0.2, 0.25) is 0 Å². The topological polar surface area (TPSA) is 26.0 Å². The Bertz CT molecular complexity index is 413. The number of nitrogens with two attached hydrogens (primary N) is 1.